The van der Waals surface area contributed by atoms with E-state index in [1.54, 1.807) is 6.07 Å². The number of carbonyl (C=O) groups is 1. The number of carbonyl (C=O) groups excluding carboxylic acids is 1. The molecule has 1 atom stereocenters. The topological polar surface area (TPSA) is 67.2 Å². The van der Waals surface area contributed by atoms with Gasteiger partial charge in [-0.1, -0.05) is 37.3 Å². The van der Waals surface area contributed by atoms with Crippen molar-refractivity contribution in [3.63, 3.8) is 0 Å². The van der Waals surface area contributed by atoms with Crippen molar-refractivity contribution in [1.29, 1.82) is 0 Å². The number of aromatic nitrogens is 2. The summed E-state index contributed by atoms with van der Waals surface area (Å²) in [7, 11) is 0. The second kappa shape index (κ2) is 9.53. The predicted molar refractivity (Wildman–Crippen MR) is 121 cm³/mol. The number of hydrogen-bond donors (Lipinski definition) is 1. The van der Waals surface area contributed by atoms with E-state index in [9.17, 15) is 9.59 Å². The number of benzene rings is 1. The molecule has 1 aromatic carbocycles. The Hall–Kier alpha value is -2.51. The van der Waals surface area contributed by atoms with E-state index < -0.39 is 0 Å². The van der Waals surface area contributed by atoms with E-state index in [1.807, 2.05) is 11.4 Å². The van der Waals surface area contributed by atoms with Crippen LogP contribution in [0.15, 0.2) is 52.9 Å². The number of nitrogens with zero attached hydrogens (tertiary/aromatic N) is 3. The van der Waals surface area contributed by atoms with E-state index in [-0.39, 0.29) is 23.9 Å². The average Bonchev–Trinajstić information content (AvgIpc) is 3.25. The van der Waals surface area contributed by atoms with Crippen LogP contribution in [0.25, 0.3) is 10.2 Å². The van der Waals surface area contributed by atoms with Crippen molar-refractivity contribution in [3.8, 4) is 0 Å². The molecule has 7 heteroatoms. The van der Waals surface area contributed by atoms with Crippen LogP contribution in [-0.4, -0.2) is 40.0 Å². The molecule has 1 aliphatic heterocycles. The van der Waals surface area contributed by atoms with Crippen molar-refractivity contribution in [2.45, 2.75) is 38.8 Å². The zero-order chi connectivity index (χ0) is 20.9. The highest BCUT2D eigenvalue weighted by Crippen LogP contribution is 2.26. The molecular weight excluding hydrogens is 396 g/mol. The first-order valence-electron chi connectivity index (χ1n) is 10.6. The van der Waals surface area contributed by atoms with E-state index in [0.717, 1.165) is 23.8 Å². The lowest BCUT2D eigenvalue weighted by Crippen LogP contribution is -2.42. The minimum atomic E-state index is -0.0846. The van der Waals surface area contributed by atoms with Crippen molar-refractivity contribution < 1.29 is 4.79 Å². The molecule has 0 radical (unpaired) electrons. The SMILES string of the molecule is CC1CCN(C(CNC(=O)CCn2cnc3sccc3c2=O)c2ccccc2)CC1. The van der Waals surface area contributed by atoms with E-state index in [0.29, 0.717) is 18.5 Å². The first-order chi connectivity index (χ1) is 14.6. The number of nitrogens with one attached hydrogen (secondary N) is 1. The Morgan fingerprint density at radius 2 is 2.00 bits per heavy atom. The zero-order valence-corrected chi connectivity index (χ0v) is 18.1. The molecule has 3 heterocycles. The van der Waals surface area contributed by atoms with Crippen molar-refractivity contribution in [2.24, 2.45) is 5.92 Å². The lowest BCUT2D eigenvalue weighted by Gasteiger charge is -2.37. The van der Waals surface area contributed by atoms with Crippen LogP contribution in [0, 0.1) is 5.92 Å². The number of rotatable bonds is 7. The fraction of sp³-hybridized carbons (Fsp3) is 0.435. The lowest BCUT2D eigenvalue weighted by atomic mass is 9.95. The Labute approximate surface area is 180 Å². The molecule has 0 spiro atoms. The summed E-state index contributed by atoms with van der Waals surface area (Å²) in [4.78, 5) is 32.5. The number of aryl methyl sites for hydroxylation is 1. The van der Waals surface area contributed by atoms with Crippen LogP contribution in [0.4, 0.5) is 0 Å². The van der Waals surface area contributed by atoms with Crippen molar-refractivity contribution >= 4 is 27.5 Å². The summed E-state index contributed by atoms with van der Waals surface area (Å²) in [6.45, 7) is 5.33. The highest BCUT2D eigenvalue weighted by Gasteiger charge is 2.25. The number of likely N-dealkylation sites (tertiary alicyclic amines) is 1. The Balaban J connectivity index is 1.37. The summed E-state index contributed by atoms with van der Waals surface area (Å²) in [6.07, 6.45) is 4.18. The third-order valence-corrected chi connectivity index (χ3v) is 6.79. The van der Waals surface area contributed by atoms with E-state index >= 15 is 0 Å². The smallest absolute Gasteiger partial charge is 0.262 e. The highest BCUT2D eigenvalue weighted by molar-refractivity contribution is 7.16. The Bertz CT molecular complexity index is 1040. The zero-order valence-electron chi connectivity index (χ0n) is 17.3. The lowest BCUT2D eigenvalue weighted by molar-refractivity contribution is -0.121. The maximum atomic E-state index is 12.5. The van der Waals surface area contributed by atoms with Gasteiger partial charge in [-0.2, -0.15) is 0 Å². The van der Waals surface area contributed by atoms with Crippen molar-refractivity contribution in [3.05, 3.63) is 64.0 Å². The van der Waals surface area contributed by atoms with Gasteiger partial charge in [0.15, 0.2) is 0 Å². The normalized spacial score (nSPS) is 16.6. The third kappa shape index (κ3) is 4.79. The van der Waals surface area contributed by atoms with E-state index in [2.05, 4.69) is 46.4 Å². The summed E-state index contributed by atoms with van der Waals surface area (Å²) in [5.74, 6) is 0.721. The monoisotopic (exact) mass is 424 g/mol. The molecule has 2 aromatic heterocycles. The molecular formula is C23H28N4O2S. The Morgan fingerprint density at radius 1 is 1.23 bits per heavy atom. The number of fused-ring (bicyclic) bond motifs is 1. The van der Waals surface area contributed by atoms with Gasteiger partial charge in [0.2, 0.25) is 5.91 Å². The Morgan fingerprint density at radius 3 is 2.77 bits per heavy atom. The molecule has 4 rings (SSSR count). The largest absolute Gasteiger partial charge is 0.354 e. The molecule has 1 unspecified atom stereocenters. The quantitative estimate of drug-likeness (QED) is 0.631. The van der Waals surface area contributed by atoms with Gasteiger partial charge in [0.25, 0.3) is 5.56 Å². The van der Waals surface area contributed by atoms with Gasteiger partial charge in [-0.25, -0.2) is 4.98 Å². The molecule has 1 fully saturated rings. The predicted octanol–water partition coefficient (Wildman–Crippen LogP) is 3.44. The summed E-state index contributed by atoms with van der Waals surface area (Å²) in [5, 5.41) is 5.58. The fourth-order valence-corrected chi connectivity index (χ4v) is 4.77. The van der Waals surface area contributed by atoms with Gasteiger partial charge in [0, 0.05) is 19.5 Å². The van der Waals surface area contributed by atoms with Crippen LogP contribution >= 0.6 is 11.3 Å². The first kappa shape index (κ1) is 20.8. The summed E-state index contributed by atoms with van der Waals surface area (Å²) < 4.78 is 1.52. The van der Waals surface area contributed by atoms with Gasteiger partial charge in [-0.05, 0) is 48.9 Å². The number of amides is 1. The van der Waals surface area contributed by atoms with Crippen molar-refractivity contribution in [1.82, 2.24) is 19.8 Å². The number of hydrogen-bond acceptors (Lipinski definition) is 5. The van der Waals surface area contributed by atoms with Gasteiger partial charge in [-0.3, -0.25) is 19.1 Å². The summed E-state index contributed by atoms with van der Waals surface area (Å²) in [5.41, 5.74) is 1.15. The van der Waals surface area contributed by atoms with Crippen LogP contribution in [0.1, 0.15) is 37.8 Å². The number of thiophene rings is 1. The van der Waals surface area contributed by atoms with E-state index in [1.165, 1.54) is 40.6 Å². The van der Waals surface area contributed by atoms with Gasteiger partial charge in [0.05, 0.1) is 17.8 Å². The maximum absolute atomic E-state index is 12.5. The summed E-state index contributed by atoms with van der Waals surface area (Å²) in [6, 6.07) is 12.4. The first-order valence-corrected chi connectivity index (χ1v) is 11.5. The second-order valence-corrected chi connectivity index (χ2v) is 8.98. The van der Waals surface area contributed by atoms with Gasteiger partial charge < -0.3 is 5.32 Å². The Kier molecular flexibility index (Phi) is 6.59. The molecule has 1 saturated heterocycles. The van der Waals surface area contributed by atoms with Gasteiger partial charge >= 0.3 is 0 Å². The minimum Gasteiger partial charge on any atom is -0.354 e. The van der Waals surface area contributed by atoms with Gasteiger partial charge in [-0.15, -0.1) is 11.3 Å². The fourth-order valence-electron chi connectivity index (χ4n) is 4.05. The molecule has 30 heavy (non-hydrogen) atoms. The number of piperidine rings is 1. The molecule has 6 nitrogen and oxygen atoms in total. The molecule has 1 aliphatic rings. The van der Waals surface area contributed by atoms with Crippen LogP contribution in [0.2, 0.25) is 0 Å². The molecule has 0 bridgehead atoms. The molecule has 0 aliphatic carbocycles. The molecule has 1 amide bonds. The molecule has 0 saturated carbocycles. The average molecular weight is 425 g/mol. The molecule has 1 N–H and O–H groups in total. The molecule has 158 valence electrons. The second-order valence-electron chi connectivity index (χ2n) is 8.08. The van der Waals surface area contributed by atoms with Crippen LogP contribution in [0.5, 0.6) is 0 Å². The standard InChI is InChI=1S/C23H28N4O2S/c1-17-7-11-26(12-8-17)20(18-5-3-2-4-6-18)15-24-21(28)9-13-27-16-25-22-19(23(27)29)10-14-30-22/h2-6,10,14,16-17,20H,7-9,11-13,15H2,1H3,(H,24,28). The minimum absolute atomic E-state index is 0.0429. The van der Waals surface area contributed by atoms with E-state index in [4.69, 9.17) is 0 Å². The van der Waals surface area contributed by atoms with Gasteiger partial charge in [0.1, 0.15) is 4.83 Å². The van der Waals surface area contributed by atoms with Crippen LogP contribution in [0.3, 0.4) is 0 Å². The third-order valence-electron chi connectivity index (χ3n) is 5.97. The summed E-state index contributed by atoms with van der Waals surface area (Å²) >= 11 is 1.45. The van der Waals surface area contributed by atoms with Crippen LogP contribution < -0.4 is 10.9 Å². The molecule has 3 aromatic rings. The van der Waals surface area contributed by atoms with Crippen molar-refractivity contribution in [2.75, 3.05) is 19.6 Å². The van der Waals surface area contributed by atoms with Crippen LogP contribution in [-0.2, 0) is 11.3 Å². The maximum Gasteiger partial charge on any atom is 0.262 e. The highest BCUT2D eigenvalue weighted by atomic mass is 32.1.